The minimum Gasteiger partial charge on any atom is -0.497 e. The van der Waals surface area contributed by atoms with E-state index in [1.54, 1.807) is 25.1 Å². The van der Waals surface area contributed by atoms with Crippen LogP contribution in [-0.4, -0.2) is 42.7 Å². The van der Waals surface area contributed by atoms with Crippen molar-refractivity contribution in [3.63, 3.8) is 0 Å². The van der Waals surface area contributed by atoms with Crippen molar-refractivity contribution in [2.45, 2.75) is 24.8 Å². The van der Waals surface area contributed by atoms with Crippen LogP contribution in [0.3, 0.4) is 0 Å². The molecule has 0 aromatic heterocycles. The number of hydrogen-bond donors (Lipinski definition) is 1. The fourth-order valence-electron chi connectivity index (χ4n) is 3.61. The smallest absolute Gasteiger partial charge is 0.242 e. The first-order valence-corrected chi connectivity index (χ1v) is 12.5. The summed E-state index contributed by atoms with van der Waals surface area (Å²) in [4.78, 5) is 28.0. The van der Waals surface area contributed by atoms with E-state index in [4.69, 9.17) is 16.3 Å². The number of likely N-dealkylation sites (N-methyl/N-ethyl adjacent to an activating group) is 1. The zero-order chi connectivity index (χ0) is 24.3. The maximum absolute atomic E-state index is 13.4. The molecule has 0 unspecified atom stereocenters. The van der Waals surface area contributed by atoms with E-state index in [1.807, 2.05) is 72.8 Å². The van der Waals surface area contributed by atoms with Gasteiger partial charge in [0.1, 0.15) is 11.8 Å². The first-order chi connectivity index (χ1) is 16.5. The third-order valence-electron chi connectivity index (χ3n) is 5.41. The molecule has 0 aliphatic rings. The molecule has 5 nitrogen and oxygen atoms in total. The van der Waals surface area contributed by atoms with E-state index in [9.17, 15) is 9.59 Å². The van der Waals surface area contributed by atoms with Gasteiger partial charge in [-0.1, -0.05) is 66.2 Å². The summed E-state index contributed by atoms with van der Waals surface area (Å²) in [7, 11) is 3.23. The van der Waals surface area contributed by atoms with Gasteiger partial charge < -0.3 is 15.0 Å². The van der Waals surface area contributed by atoms with Gasteiger partial charge in [-0.15, -0.1) is 11.8 Å². The highest BCUT2D eigenvalue weighted by Gasteiger charge is 2.29. The molecule has 1 atom stereocenters. The first-order valence-electron chi connectivity index (χ1n) is 11.0. The second-order valence-electron chi connectivity index (χ2n) is 7.81. The Morgan fingerprint density at radius 1 is 0.971 bits per heavy atom. The molecule has 7 heteroatoms. The maximum Gasteiger partial charge on any atom is 0.242 e. The Labute approximate surface area is 210 Å². The fraction of sp³-hybridized carbons (Fsp3) is 0.259. The van der Waals surface area contributed by atoms with Crippen LogP contribution < -0.4 is 10.1 Å². The predicted molar refractivity (Wildman–Crippen MR) is 139 cm³/mol. The van der Waals surface area contributed by atoms with Crippen molar-refractivity contribution in [1.29, 1.82) is 0 Å². The number of nitrogens with zero attached hydrogens (tertiary/aromatic N) is 1. The molecule has 1 N–H and O–H groups in total. The van der Waals surface area contributed by atoms with Crippen LogP contribution in [0.15, 0.2) is 78.9 Å². The van der Waals surface area contributed by atoms with Gasteiger partial charge >= 0.3 is 0 Å². The van der Waals surface area contributed by atoms with E-state index in [1.165, 1.54) is 11.8 Å². The average molecular weight is 497 g/mol. The van der Waals surface area contributed by atoms with E-state index < -0.39 is 6.04 Å². The zero-order valence-corrected chi connectivity index (χ0v) is 20.9. The van der Waals surface area contributed by atoms with Crippen LogP contribution >= 0.6 is 23.4 Å². The van der Waals surface area contributed by atoms with Crippen LogP contribution in [-0.2, 0) is 28.3 Å². The van der Waals surface area contributed by atoms with Crippen LogP contribution in [0.25, 0.3) is 0 Å². The van der Waals surface area contributed by atoms with Gasteiger partial charge in [-0.2, -0.15) is 0 Å². The highest BCUT2D eigenvalue weighted by atomic mass is 35.5. The minimum atomic E-state index is -0.638. The number of hydrogen-bond acceptors (Lipinski definition) is 4. The average Bonchev–Trinajstić information content (AvgIpc) is 2.86. The zero-order valence-electron chi connectivity index (χ0n) is 19.4. The Balaban J connectivity index is 1.78. The number of nitrogens with one attached hydrogen (secondary N) is 1. The summed E-state index contributed by atoms with van der Waals surface area (Å²) in [5.41, 5.74) is 2.97. The second kappa shape index (κ2) is 13.1. The molecule has 3 aromatic rings. The lowest BCUT2D eigenvalue weighted by molar-refractivity contribution is -0.139. The molecule has 3 aromatic carbocycles. The largest absolute Gasteiger partial charge is 0.497 e. The second-order valence-corrected chi connectivity index (χ2v) is 9.23. The summed E-state index contributed by atoms with van der Waals surface area (Å²) in [6, 6.07) is 24.3. The van der Waals surface area contributed by atoms with Gasteiger partial charge in [-0.3, -0.25) is 9.59 Å². The molecule has 0 radical (unpaired) electrons. The molecule has 0 saturated heterocycles. The van der Waals surface area contributed by atoms with E-state index in [-0.39, 0.29) is 17.6 Å². The van der Waals surface area contributed by atoms with Crippen molar-refractivity contribution in [1.82, 2.24) is 10.2 Å². The van der Waals surface area contributed by atoms with Crippen LogP contribution in [0.2, 0.25) is 5.02 Å². The van der Waals surface area contributed by atoms with Crippen LogP contribution in [0.1, 0.15) is 16.7 Å². The number of ether oxygens (including phenoxy) is 1. The van der Waals surface area contributed by atoms with E-state index >= 15 is 0 Å². The van der Waals surface area contributed by atoms with Crippen molar-refractivity contribution >= 4 is 35.2 Å². The van der Waals surface area contributed by atoms with Crippen molar-refractivity contribution in [2.75, 3.05) is 19.9 Å². The number of methoxy groups -OCH3 is 1. The van der Waals surface area contributed by atoms with Gasteiger partial charge in [0.15, 0.2) is 0 Å². The number of thioether (sulfide) groups is 1. The molecule has 0 aliphatic heterocycles. The highest BCUT2D eigenvalue weighted by molar-refractivity contribution is 7.99. The third kappa shape index (κ3) is 7.54. The molecule has 0 spiro atoms. The number of carbonyl (C=O) groups excluding carboxylic acids is 2. The summed E-state index contributed by atoms with van der Waals surface area (Å²) in [5.74, 6) is 1.45. The van der Waals surface area contributed by atoms with Crippen LogP contribution in [0, 0.1) is 0 Å². The van der Waals surface area contributed by atoms with Gasteiger partial charge in [0.25, 0.3) is 0 Å². The van der Waals surface area contributed by atoms with Crippen molar-refractivity contribution in [3.05, 3.63) is 101 Å². The van der Waals surface area contributed by atoms with Gasteiger partial charge in [-0.05, 0) is 41.0 Å². The Hall–Kier alpha value is -2.96. The van der Waals surface area contributed by atoms with E-state index in [0.29, 0.717) is 23.7 Å². The summed E-state index contributed by atoms with van der Waals surface area (Å²) < 4.78 is 5.20. The van der Waals surface area contributed by atoms with Crippen molar-refractivity contribution in [2.24, 2.45) is 0 Å². The molecule has 0 heterocycles. The molecule has 0 saturated carbocycles. The Bertz CT molecular complexity index is 1080. The Kier molecular flexibility index (Phi) is 9.86. The van der Waals surface area contributed by atoms with Crippen molar-refractivity contribution in [3.8, 4) is 5.75 Å². The maximum atomic E-state index is 13.4. The molecule has 2 amide bonds. The number of benzene rings is 3. The summed E-state index contributed by atoms with van der Waals surface area (Å²) >= 11 is 7.71. The topological polar surface area (TPSA) is 58.6 Å². The highest BCUT2D eigenvalue weighted by Crippen LogP contribution is 2.21. The van der Waals surface area contributed by atoms with Gasteiger partial charge in [0.05, 0.1) is 12.9 Å². The number of carbonyl (C=O) groups is 2. The normalized spacial score (nSPS) is 11.5. The molecule has 3 rings (SSSR count). The van der Waals surface area contributed by atoms with Gasteiger partial charge in [-0.25, -0.2) is 0 Å². The lowest BCUT2D eigenvalue weighted by Gasteiger charge is -2.31. The lowest BCUT2D eigenvalue weighted by Crippen LogP contribution is -2.50. The monoisotopic (exact) mass is 496 g/mol. The Morgan fingerprint density at radius 3 is 2.32 bits per heavy atom. The lowest BCUT2D eigenvalue weighted by atomic mass is 10.0. The first kappa shape index (κ1) is 25.7. The minimum absolute atomic E-state index is 0.0944. The van der Waals surface area contributed by atoms with Crippen molar-refractivity contribution < 1.29 is 14.3 Å². The fourth-order valence-corrected chi connectivity index (χ4v) is 4.70. The summed E-state index contributed by atoms with van der Waals surface area (Å²) in [6.45, 7) is 0.299. The molecule has 0 fully saturated rings. The predicted octanol–water partition coefficient (Wildman–Crippen LogP) is 4.97. The van der Waals surface area contributed by atoms with Gasteiger partial charge in [0, 0.05) is 30.8 Å². The van der Waals surface area contributed by atoms with Crippen LogP contribution in [0.4, 0.5) is 0 Å². The molecule has 178 valence electrons. The van der Waals surface area contributed by atoms with Gasteiger partial charge in [0.2, 0.25) is 11.8 Å². The molecule has 0 bridgehead atoms. The van der Waals surface area contributed by atoms with E-state index in [2.05, 4.69) is 5.32 Å². The number of amides is 2. The molecular formula is C27H29ClN2O3S. The number of rotatable bonds is 11. The summed E-state index contributed by atoms with van der Waals surface area (Å²) in [5, 5.41) is 3.33. The molecule has 34 heavy (non-hydrogen) atoms. The SMILES string of the molecule is CNC(=O)[C@@H](Cc1ccccc1)N(Cc1cccc(Cl)c1)C(=O)CSCc1ccc(OC)cc1. The standard InChI is InChI=1S/C27H29ClN2O3S/c1-29-27(32)25(16-20-7-4-3-5-8-20)30(17-22-9-6-10-23(28)15-22)26(31)19-34-18-21-11-13-24(33-2)14-12-21/h3-15,25H,16-19H2,1-2H3,(H,29,32)/t25-/m1/s1. The molecule has 0 aliphatic carbocycles. The number of halogens is 1. The Morgan fingerprint density at radius 2 is 1.68 bits per heavy atom. The third-order valence-corrected chi connectivity index (χ3v) is 6.64. The summed E-state index contributed by atoms with van der Waals surface area (Å²) in [6.07, 6.45) is 0.427. The van der Waals surface area contributed by atoms with E-state index in [0.717, 1.165) is 22.4 Å². The molecular weight excluding hydrogens is 468 g/mol. The van der Waals surface area contributed by atoms with Crippen LogP contribution in [0.5, 0.6) is 5.75 Å². The quantitative estimate of drug-likeness (QED) is 0.407.